The van der Waals surface area contributed by atoms with Crippen LogP contribution < -0.4 is 10.2 Å². The zero-order valence-electron chi connectivity index (χ0n) is 15.3. The third-order valence-electron chi connectivity index (χ3n) is 3.84. The van der Waals surface area contributed by atoms with E-state index in [0.29, 0.717) is 12.4 Å². The van der Waals surface area contributed by atoms with Crippen LogP contribution in [-0.2, 0) is 6.61 Å². The van der Waals surface area contributed by atoms with Crippen molar-refractivity contribution in [3.63, 3.8) is 0 Å². The van der Waals surface area contributed by atoms with Gasteiger partial charge in [0.2, 0.25) is 0 Å². The van der Waals surface area contributed by atoms with Crippen molar-refractivity contribution in [2.24, 2.45) is 5.10 Å². The summed E-state index contributed by atoms with van der Waals surface area (Å²) in [5, 5.41) is 14.8. The zero-order valence-corrected chi connectivity index (χ0v) is 19.0. The van der Waals surface area contributed by atoms with Crippen molar-refractivity contribution in [3.05, 3.63) is 89.6 Å². The average Bonchev–Trinajstić information content (AvgIpc) is 2.68. The molecule has 0 amide bonds. The molecule has 9 heteroatoms. The maximum Gasteiger partial charge on any atom is 0.287 e. The molecule has 0 unspecified atom stereocenters. The molecule has 1 aromatic heterocycles. The molecule has 0 saturated heterocycles. The number of hydrazone groups is 1. The lowest BCUT2D eigenvalue weighted by atomic mass is 10.1. The average molecular weight is 567 g/mol. The van der Waals surface area contributed by atoms with E-state index in [0.717, 1.165) is 24.9 Å². The Kier molecular flexibility index (Phi) is 7.15. The number of nitro groups is 1. The number of aromatic nitrogens is 1. The van der Waals surface area contributed by atoms with Gasteiger partial charge in [0.15, 0.2) is 0 Å². The van der Waals surface area contributed by atoms with Gasteiger partial charge in [-0.05, 0) is 74.8 Å². The van der Waals surface area contributed by atoms with Gasteiger partial charge in [-0.1, -0.05) is 29.8 Å². The topological polar surface area (TPSA) is 89.6 Å². The van der Waals surface area contributed by atoms with E-state index in [1.807, 2.05) is 24.3 Å². The molecule has 0 bridgehead atoms. The maximum atomic E-state index is 10.6. The summed E-state index contributed by atoms with van der Waals surface area (Å²) < 4.78 is 7.76. The fourth-order valence-electron chi connectivity index (χ4n) is 2.48. The van der Waals surface area contributed by atoms with Crippen LogP contribution in [0.15, 0.2) is 64.3 Å². The van der Waals surface area contributed by atoms with Crippen molar-refractivity contribution < 1.29 is 9.66 Å². The number of anilines is 1. The first-order valence-electron chi connectivity index (χ1n) is 8.49. The van der Waals surface area contributed by atoms with Crippen LogP contribution in [0, 0.1) is 20.6 Å². The second-order valence-corrected chi connectivity index (χ2v) is 8.14. The minimum absolute atomic E-state index is 0.0701. The van der Waals surface area contributed by atoms with Gasteiger partial charge in [-0.25, -0.2) is 4.98 Å². The van der Waals surface area contributed by atoms with Crippen LogP contribution in [0.2, 0.25) is 0 Å². The number of benzene rings is 2. The van der Waals surface area contributed by atoms with Crippen LogP contribution in [-0.4, -0.2) is 16.1 Å². The first-order chi connectivity index (χ1) is 13.9. The van der Waals surface area contributed by atoms with Gasteiger partial charge in [-0.2, -0.15) is 5.10 Å². The Bertz CT molecular complexity index is 1030. The van der Waals surface area contributed by atoms with E-state index in [1.54, 1.807) is 6.21 Å². The molecule has 3 aromatic rings. The predicted octanol–water partition coefficient (Wildman–Crippen LogP) is 5.69. The van der Waals surface area contributed by atoms with Crippen molar-refractivity contribution in [2.75, 3.05) is 5.43 Å². The molecule has 29 heavy (non-hydrogen) atoms. The van der Waals surface area contributed by atoms with Gasteiger partial charge in [0.25, 0.3) is 5.69 Å². The van der Waals surface area contributed by atoms with E-state index in [4.69, 9.17) is 4.74 Å². The lowest BCUT2D eigenvalue weighted by Crippen LogP contribution is -2.00. The van der Waals surface area contributed by atoms with E-state index in [9.17, 15) is 10.1 Å². The second-order valence-electron chi connectivity index (χ2n) is 6.12. The number of nitrogens with zero attached hydrogens (tertiary/aromatic N) is 3. The maximum absolute atomic E-state index is 10.6. The Labute approximate surface area is 189 Å². The van der Waals surface area contributed by atoms with Crippen LogP contribution >= 0.6 is 38.5 Å². The highest BCUT2D eigenvalue weighted by Gasteiger charge is 2.09. The Morgan fingerprint density at radius 2 is 2.14 bits per heavy atom. The van der Waals surface area contributed by atoms with Crippen molar-refractivity contribution in [1.82, 2.24) is 4.98 Å². The van der Waals surface area contributed by atoms with E-state index in [1.165, 1.54) is 23.9 Å². The summed E-state index contributed by atoms with van der Waals surface area (Å²) in [5.41, 5.74) is 5.85. The van der Waals surface area contributed by atoms with E-state index in [2.05, 4.69) is 73.1 Å². The Morgan fingerprint density at radius 1 is 1.31 bits per heavy atom. The fraction of sp³-hybridized carbons (Fsp3) is 0.100. The standard InChI is InChI=1S/C20H16BrIN4O3/c1-13-3-2-4-14(7-13)12-29-20-17(21)8-15(9-18(20)22)10-24-25-19-6-5-16(11-23-19)26(27)28/h2-11H,12H2,1H3,(H,23,25)/b24-10+. The van der Waals surface area contributed by atoms with Crippen LogP contribution in [0.25, 0.3) is 0 Å². The predicted molar refractivity (Wildman–Crippen MR) is 124 cm³/mol. The number of nitrogens with one attached hydrogen (secondary N) is 1. The monoisotopic (exact) mass is 566 g/mol. The van der Waals surface area contributed by atoms with Crippen LogP contribution in [0.5, 0.6) is 5.75 Å². The minimum atomic E-state index is -0.498. The molecule has 0 spiro atoms. The van der Waals surface area contributed by atoms with Crippen molar-refractivity contribution in [1.29, 1.82) is 0 Å². The Morgan fingerprint density at radius 3 is 2.79 bits per heavy atom. The number of ether oxygens (including phenoxy) is 1. The number of pyridine rings is 1. The van der Waals surface area contributed by atoms with E-state index >= 15 is 0 Å². The SMILES string of the molecule is Cc1cccc(COc2c(Br)cc(/C=N/Nc3ccc([N+](=O)[O-])cn3)cc2I)c1. The number of hydrogen-bond donors (Lipinski definition) is 1. The third kappa shape index (κ3) is 5.97. The first-order valence-corrected chi connectivity index (χ1v) is 10.4. The molecule has 0 atom stereocenters. The number of hydrogen-bond acceptors (Lipinski definition) is 6. The van der Waals surface area contributed by atoms with Crippen molar-refractivity contribution in [3.8, 4) is 5.75 Å². The number of rotatable bonds is 7. The summed E-state index contributed by atoms with van der Waals surface area (Å²) in [4.78, 5) is 14.1. The van der Waals surface area contributed by atoms with Gasteiger partial charge in [0.1, 0.15) is 24.4 Å². The fourth-order valence-corrected chi connectivity index (χ4v) is 4.25. The molecule has 0 saturated carbocycles. The summed E-state index contributed by atoms with van der Waals surface area (Å²) in [7, 11) is 0. The molecule has 0 aliphatic heterocycles. The van der Waals surface area contributed by atoms with Gasteiger partial charge in [-0.3, -0.25) is 15.5 Å². The summed E-state index contributed by atoms with van der Waals surface area (Å²) in [6.45, 7) is 2.54. The second kappa shape index (κ2) is 9.79. The lowest BCUT2D eigenvalue weighted by molar-refractivity contribution is -0.385. The van der Waals surface area contributed by atoms with Gasteiger partial charge >= 0.3 is 0 Å². The van der Waals surface area contributed by atoms with Gasteiger partial charge in [0, 0.05) is 6.07 Å². The van der Waals surface area contributed by atoms with Gasteiger partial charge in [0.05, 0.1) is 19.2 Å². The minimum Gasteiger partial charge on any atom is -0.487 e. The molecule has 7 nitrogen and oxygen atoms in total. The summed E-state index contributed by atoms with van der Waals surface area (Å²) >= 11 is 5.78. The molecule has 0 aliphatic carbocycles. The van der Waals surface area contributed by atoms with E-state index < -0.39 is 4.92 Å². The summed E-state index contributed by atoms with van der Waals surface area (Å²) in [6.07, 6.45) is 2.82. The van der Waals surface area contributed by atoms with Crippen LogP contribution in [0.4, 0.5) is 11.5 Å². The van der Waals surface area contributed by atoms with E-state index in [-0.39, 0.29) is 5.69 Å². The smallest absolute Gasteiger partial charge is 0.287 e. The zero-order chi connectivity index (χ0) is 20.8. The molecule has 148 valence electrons. The third-order valence-corrected chi connectivity index (χ3v) is 5.23. The molecule has 0 radical (unpaired) electrons. The molecule has 1 heterocycles. The highest BCUT2D eigenvalue weighted by Crippen LogP contribution is 2.32. The first kappa shape index (κ1) is 21.2. The molecular formula is C20H16BrIN4O3. The van der Waals surface area contributed by atoms with Gasteiger partial charge < -0.3 is 4.74 Å². The summed E-state index contributed by atoms with van der Waals surface area (Å²) in [6, 6.07) is 14.9. The molecule has 1 N–H and O–H groups in total. The molecule has 0 aliphatic rings. The largest absolute Gasteiger partial charge is 0.487 e. The summed E-state index contributed by atoms with van der Waals surface area (Å²) in [5.74, 6) is 1.19. The molecule has 2 aromatic carbocycles. The van der Waals surface area contributed by atoms with Crippen molar-refractivity contribution >= 4 is 56.2 Å². The molecule has 3 rings (SSSR count). The highest BCUT2D eigenvalue weighted by molar-refractivity contribution is 14.1. The molecule has 0 fully saturated rings. The van der Waals surface area contributed by atoms with Gasteiger partial charge in [-0.15, -0.1) is 0 Å². The Hall–Kier alpha value is -2.53. The van der Waals surface area contributed by atoms with Crippen LogP contribution in [0.3, 0.4) is 0 Å². The lowest BCUT2D eigenvalue weighted by Gasteiger charge is -2.12. The quantitative estimate of drug-likeness (QED) is 0.172. The highest BCUT2D eigenvalue weighted by atomic mass is 127. The normalized spacial score (nSPS) is 10.9. The van der Waals surface area contributed by atoms with Crippen molar-refractivity contribution in [2.45, 2.75) is 13.5 Å². The number of aryl methyl sites for hydroxylation is 1. The van der Waals surface area contributed by atoms with Crippen LogP contribution in [0.1, 0.15) is 16.7 Å². The molecular weight excluding hydrogens is 551 g/mol. The Balaban J connectivity index is 1.65. The number of halogens is 2.